The summed E-state index contributed by atoms with van der Waals surface area (Å²) in [5.41, 5.74) is 1.47. The number of urea groups is 1. The minimum atomic E-state index is -0.448. The SMILES string of the molecule is COC(=O)c1ccc(NC(=O)Cc2csc(NC(=O)N3CCN(C(C)=O)CC3)n2)cc1. The van der Waals surface area contributed by atoms with Crippen LogP contribution in [0.15, 0.2) is 29.6 Å². The van der Waals surface area contributed by atoms with Gasteiger partial charge >= 0.3 is 12.0 Å². The van der Waals surface area contributed by atoms with Crippen molar-refractivity contribution in [3.63, 3.8) is 0 Å². The number of benzene rings is 1. The van der Waals surface area contributed by atoms with E-state index in [-0.39, 0.29) is 24.3 Å². The van der Waals surface area contributed by atoms with E-state index in [2.05, 4.69) is 20.4 Å². The van der Waals surface area contributed by atoms with E-state index in [1.165, 1.54) is 25.4 Å². The highest BCUT2D eigenvalue weighted by Gasteiger charge is 2.23. The van der Waals surface area contributed by atoms with Gasteiger partial charge in [0.05, 0.1) is 24.8 Å². The Morgan fingerprint density at radius 1 is 1.03 bits per heavy atom. The molecule has 164 valence electrons. The second-order valence-corrected chi connectivity index (χ2v) is 7.72. The van der Waals surface area contributed by atoms with Gasteiger partial charge in [0.1, 0.15) is 0 Å². The van der Waals surface area contributed by atoms with Crippen LogP contribution in [0.1, 0.15) is 23.0 Å². The zero-order chi connectivity index (χ0) is 22.4. The first-order chi connectivity index (χ1) is 14.9. The van der Waals surface area contributed by atoms with Gasteiger partial charge in [0.2, 0.25) is 11.8 Å². The van der Waals surface area contributed by atoms with Crippen LogP contribution in [0.2, 0.25) is 0 Å². The number of methoxy groups -OCH3 is 1. The molecule has 1 saturated heterocycles. The van der Waals surface area contributed by atoms with Crippen LogP contribution in [0.4, 0.5) is 15.6 Å². The fourth-order valence-corrected chi connectivity index (χ4v) is 3.72. The predicted octanol–water partition coefficient (Wildman–Crippen LogP) is 1.81. The Hall–Kier alpha value is -3.47. The van der Waals surface area contributed by atoms with Crippen LogP contribution in [0.3, 0.4) is 0 Å². The highest BCUT2D eigenvalue weighted by Crippen LogP contribution is 2.18. The van der Waals surface area contributed by atoms with Crippen LogP contribution in [0, 0.1) is 0 Å². The monoisotopic (exact) mass is 445 g/mol. The number of carbonyl (C=O) groups excluding carboxylic acids is 4. The minimum Gasteiger partial charge on any atom is -0.465 e. The second-order valence-electron chi connectivity index (χ2n) is 6.86. The van der Waals surface area contributed by atoms with Crippen LogP contribution in [-0.2, 0) is 20.7 Å². The lowest BCUT2D eigenvalue weighted by atomic mass is 10.2. The lowest BCUT2D eigenvalue weighted by molar-refractivity contribution is -0.130. The molecule has 0 bridgehead atoms. The van der Waals surface area contributed by atoms with Crippen LogP contribution >= 0.6 is 11.3 Å². The third kappa shape index (κ3) is 6.01. The highest BCUT2D eigenvalue weighted by molar-refractivity contribution is 7.13. The number of ether oxygens (including phenoxy) is 1. The summed E-state index contributed by atoms with van der Waals surface area (Å²) in [5.74, 6) is -0.715. The number of aromatic nitrogens is 1. The van der Waals surface area contributed by atoms with Crippen LogP contribution in [0.25, 0.3) is 0 Å². The molecule has 10 nitrogen and oxygen atoms in total. The molecule has 1 aromatic heterocycles. The maximum absolute atomic E-state index is 12.4. The van der Waals surface area contributed by atoms with E-state index < -0.39 is 5.97 Å². The van der Waals surface area contributed by atoms with Crippen molar-refractivity contribution in [1.29, 1.82) is 0 Å². The maximum Gasteiger partial charge on any atom is 0.337 e. The Bertz CT molecular complexity index is 967. The largest absolute Gasteiger partial charge is 0.465 e. The lowest BCUT2D eigenvalue weighted by Crippen LogP contribution is -2.51. The number of rotatable bonds is 5. The van der Waals surface area contributed by atoms with Gasteiger partial charge in [-0.2, -0.15) is 0 Å². The van der Waals surface area contributed by atoms with Crippen molar-refractivity contribution in [3.8, 4) is 0 Å². The van der Waals surface area contributed by atoms with Crippen molar-refractivity contribution in [2.24, 2.45) is 0 Å². The molecule has 31 heavy (non-hydrogen) atoms. The first-order valence-electron chi connectivity index (χ1n) is 9.60. The molecular weight excluding hydrogens is 422 g/mol. The smallest absolute Gasteiger partial charge is 0.337 e. The molecule has 0 unspecified atom stereocenters. The summed E-state index contributed by atoms with van der Waals surface area (Å²) in [7, 11) is 1.30. The van der Waals surface area contributed by atoms with E-state index in [0.717, 1.165) is 0 Å². The molecule has 1 aliphatic rings. The van der Waals surface area contributed by atoms with Gasteiger partial charge in [0.25, 0.3) is 0 Å². The fourth-order valence-electron chi connectivity index (χ4n) is 3.02. The van der Waals surface area contributed by atoms with Gasteiger partial charge in [0.15, 0.2) is 5.13 Å². The standard InChI is InChI=1S/C20H23N5O5S/c1-13(26)24-7-9-25(10-8-24)20(29)23-19-22-16(12-31-19)11-17(27)21-15-5-3-14(4-6-15)18(28)30-2/h3-6,12H,7-11H2,1-2H3,(H,21,27)(H,22,23,29). The molecule has 1 fully saturated rings. The molecule has 1 aromatic carbocycles. The zero-order valence-electron chi connectivity index (χ0n) is 17.2. The molecule has 0 atom stereocenters. The average molecular weight is 446 g/mol. The summed E-state index contributed by atoms with van der Waals surface area (Å²) in [6, 6.07) is 6.08. The molecule has 4 amide bonds. The molecule has 1 aliphatic heterocycles. The van der Waals surface area contributed by atoms with Gasteiger partial charge in [-0.25, -0.2) is 14.6 Å². The van der Waals surface area contributed by atoms with E-state index in [0.29, 0.717) is 48.3 Å². The summed E-state index contributed by atoms with van der Waals surface area (Å²) < 4.78 is 4.64. The topological polar surface area (TPSA) is 121 Å². The Balaban J connectivity index is 1.48. The normalized spacial score (nSPS) is 13.5. The van der Waals surface area contributed by atoms with Crippen LogP contribution in [-0.4, -0.2) is 71.9 Å². The van der Waals surface area contributed by atoms with Gasteiger partial charge in [0, 0.05) is 44.2 Å². The number of hydrogen-bond acceptors (Lipinski definition) is 7. The molecule has 0 aliphatic carbocycles. The number of amides is 4. The van der Waals surface area contributed by atoms with E-state index in [4.69, 9.17) is 0 Å². The number of esters is 1. The number of piperazine rings is 1. The quantitative estimate of drug-likeness (QED) is 0.677. The number of anilines is 2. The summed E-state index contributed by atoms with van der Waals surface area (Å²) >= 11 is 1.24. The van der Waals surface area contributed by atoms with Crippen LogP contribution < -0.4 is 10.6 Å². The van der Waals surface area contributed by atoms with E-state index >= 15 is 0 Å². The van der Waals surface area contributed by atoms with Crippen molar-refractivity contribution in [1.82, 2.24) is 14.8 Å². The van der Waals surface area contributed by atoms with Crippen molar-refractivity contribution in [2.45, 2.75) is 13.3 Å². The Kier molecular flexibility index (Phi) is 7.19. The summed E-state index contributed by atoms with van der Waals surface area (Å²) in [5, 5.41) is 7.59. The highest BCUT2D eigenvalue weighted by atomic mass is 32.1. The molecule has 2 aromatic rings. The molecule has 0 radical (unpaired) electrons. The Labute approximate surface area is 183 Å². The summed E-state index contributed by atoms with van der Waals surface area (Å²) in [6.45, 7) is 3.45. The average Bonchev–Trinajstić information content (AvgIpc) is 3.20. The number of thiazole rings is 1. The van der Waals surface area contributed by atoms with Gasteiger partial charge in [-0.15, -0.1) is 11.3 Å². The number of nitrogens with zero attached hydrogens (tertiary/aromatic N) is 3. The fraction of sp³-hybridized carbons (Fsp3) is 0.350. The predicted molar refractivity (Wildman–Crippen MR) is 115 cm³/mol. The lowest BCUT2D eigenvalue weighted by Gasteiger charge is -2.33. The van der Waals surface area contributed by atoms with Gasteiger partial charge in [-0.05, 0) is 24.3 Å². The Morgan fingerprint density at radius 3 is 2.29 bits per heavy atom. The summed E-state index contributed by atoms with van der Waals surface area (Å²) in [6.07, 6.45) is 0.0441. The van der Waals surface area contributed by atoms with E-state index in [1.807, 2.05) is 0 Å². The molecule has 11 heteroatoms. The molecule has 2 heterocycles. The molecule has 3 rings (SSSR count). The number of carbonyl (C=O) groups is 4. The molecule has 0 spiro atoms. The maximum atomic E-state index is 12.4. The minimum absolute atomic E-state index is 0.00214. The van der Waals surface area contributed by atoms with Crippen molar-refractivity contribution in [2.75, 3.05) is 43.9 Å². The first kappa shape index (κ1) is 22.2. The van der Waals surface area contributed by atoms with Gasteiger partial charge < -0.3 is 19.9 Å². The Morgan fingerprint density at radius 2 is 1.68 bits per heavy atom. The first-order valence-corrected chi connectivity index (χ1v) is 10.5. The van der Waals surface area contributed by atoms with Gasteiger partial charge in [-0.3, -0.25) is 14.9 Å². The van der Waals surface area contributed by atoms with Crippen molar-refractivity contribution in [3.05, 3.63) is 40.9 Å². The third-order valence-corrected chi connectivity index (χ3v) is 5.52. The van der Waals surface area contributed by atoms with Crippen molar-refractivity contribution >= 4 is 46.0 Å². The molecular formula is C20H23N5O5S. The zero-order valence-corrected chi connectivity index (χ0v) is 18.0. The molecule has 0 saturated carbocycles. The molecule has 2 N–H and O–H groups in total. The number of hydrogen-bond donors (Lipinski definition) is 2. The van der Waals surface area contributed by atoms with Gasteiger partial charge in [-0.1, -0.05) is 0 Å². The van der Waals surface area contributed by atoms with E-state index in [9.17, 15) is 19.2 Å². The van der Waals surface area contributed by atoms with Crippen molar-refractivity contribution < 1.29 is 23.9 Å². The summed E-state index contributed by atoms with van der Waals surface area (Å²) in [4.78, 5) is 55.1. The second kappa shape index (κ2) is 10.0. The third-order valence-electron chi connectivity index (χ3n) is 4.71. The van der Waals surface area contributed by atoms with E-state index in [1.54, 1.807) is 39.4 Å². The number of nitrogens with one attached hydrogen (secondary N) is 2. The van der Waals surface area contributed by atoms with Crippen LogP contribution in [0.5, 0.6) is 0 Å².